The standard InChI is InChI=1S/C15H19N3O2.ClH/c1-2-5-12(6-3-1)10-19-11-14-17-15(18-20-14)13-7-4-8-16-9-13;/h1-3,5-6,13,16H,4,7-11H2;1H. The molecule has 1 fully saturated rings. The first-order valence-electron chi connectivity index (χ1n) is 7.06. The van der Waals surface area contributed by atoms with Crippen LogP contribution in [-0.4, -0.2) is 23.2 Å². The van der Waals surface area contributed by atoms with E-state index >= 15 is 0 Å². The summed E-state index contributed by atoms with van der Waals surface area (Å²) in [5.41, 5.74) is 1.14. The maximum absolute atomic E-state index is 5.59. The van der Waals surface area contributed by atoms with Crippen LogP contribution in [0.3, 0.4) is 0 Å². The number of benzene rings is 1. The quantitative estimate of drug-likeness (QED) is 0.920. The summed E-state index contributed by atoms with van der Waals surface area (Å²) in [5.74, 6) is 1.73. The van der Waals surface area contributed by atoms with Crippen LogP contribution in [0.15, 0.2) is 34.9 Å². The van der Waals surface area contributed by atoms with Crippen LogP contribution < -0.4 is 5.32 Å². The van der Waals surface area contributed by atoms with Crippen LogP contribution in [0.25, 0.3) is 0 Å². The van der Waals surface area contributed by atoms with Gasteiger partial charge in [0.15, 0.2) is 5.82 Å². The van der Waals surface area contributed by atoms with E-state index in [0.29, 0.717) is 25.0 Å². The Morgan fingerprint density at radius 3 is 2.86 bits per heavy atom. The molecule has 3 rings (SSSR count). The molecule has 1 aliphatic heterocycles. The zero-order valence-corrected chi connectivity index (χ0v) is 12.6. The third-order valence-corrected chi connectivity index (χ3v) is 3.48. The largest absolute Gasteiger partial charge is 0.367 e. The van der Waals surface area contributed by atoms with Crippen molar-refractivity contribution in [1.29, 1.82) is 0 Å². The Morgan fingerprint density at radius 1 is 1.24 bits per heavy atom. The smallest absolute Gasteiger partial charge is 0.252 e. The van der Waals surface area contributed by atoms with E-state index in [-0.39, 0.29) is 12.4 Å². The zero-order chi connectivity index (χ0) is 13.6. The molecule has 1 unspecified atom stereocenters. The van der Waals surface area contributed by atoms with E-state index in [1.165, 1.54) is 6.42 Å². The molecule has 0 saturated carbocycles. The minimum absolute atomic E-state index is 0. The maximum atomic E-state index is 5.59. The van der Waals surface area contributed by atoms with Crippen molar-refractivity contribution < 1.29 is 9.26 Å². The molecule has 2 aromatic rings. The van der Waals surface area contributed by atoms with Gasteiger partial charge in [-0.15, -0.1) is 12.4 Å². The molecule has 6 heteroatoms. The van der Waals surface area contributed by atoms with Crippen molar-refractivity contribution in [2.45, 2.75) is 32.0 Å². The molecule has 0 bridgehead atoms. The average molecular weight is 310 g/mol. The van der Waals surface area contributed by atoms with Crippen LogP contribution in [0.2, 0.25) is 0 Å². The van der Waals surface area contributed by atoms with E-state index < -0.39 is 0 Å². The van der Waals surface area contributed by atoms with Gasteiger partial charge in [0.1, 0.15) is 6.61 Å². The topological polar surface area (TPSA) is 60.2 Å². The number of ether oxygens (including phenoxy) is 1. The van der Waals surface area contributed by atoms with Gasteiger partial charge in [-0.25, -0.2) is 0 Å². The molecular formula is C15H20ClN3O2. The fourth-order valence-corrected chi connectivity index (χ4v) is 2.40. The second-order valence-electron chi connectivity index (χ2n) is 5.07. The van der Waals surface area contributed by atoms with Gasteiger partial charge in [-0.05, 0) is 24.9 Å². The van der Waals surface area contributed by atoms with E-state index in [2.05, 4.69) is 15.5 Å². The molecule has 0 aliphatic carbocycles. The van der Waals surface area contributed by atoms with Gasteiger partial charge in [0, 0.05) is 12.5 Å². The molecule has 1 aromatic carbocycles. The van der Waals surface area contributed by atoms with Crippen LogP contribution >= 0.6 is 12.4 Å². The summed E-state index contributed by atoms with van der Waals surface area (Å²) in [6.07, 6.45) is 2.29. The molecule has 1 aromatic heterocycles. The number of rotatable bonds is 5. The summed E-state index contributed by atoms with van der Waals surface area (Å²) < 4.78 is 10.8. The predicted octanol–water partition coefficient (Wildman–Crippen LogP) is 2.68. The highest BCUT2D eigenvalue weighted by Crippen LogP contribution is 2.20. The first-order chi connectivity index (χ1) is 9.92. The van der Waals surface area contributed by atoms with Gasteiger partial charge in [0.2, 0.25) is 0 Å². The summed E-state index contributed by atoms with van der Waals surface area (Å²) in [6.45, 7) is 2.94. The van der Waals surface area contributed by atoms with Crippen LogP contribution in [-0.2, 0) is 18.0 Å². The summed E-state index contributed by atoms with van der Waals surface area (Å²) in [4.78, 5) is 4.42. The van der Waals surface area contributed by atoms with Gasteiger partial charge in [-0.2, -0.15) is 4.98 Å². The number of halogens is 1. The lowest BCUT2D eigenvalue weighted by Gasteiger charge is -2.19. The number of nitrogens with zero attached hydrogens (tertiary/aromatic N) is 2. The Labute approximate surface area is 130 Å². The highest BCUT2D eigenvalue weighted by molar-refractivity contribution is 5.85. The van der Waals surface area contributed by atoms with Crippen LogP contribution in [0.1, 0.15) is 36.0 Å². The highest BCUT2D eigenvalue weighted by Gasteiger charge is 2.20. The SMILES string of the molecule is Cl.c1ccc(COCc2nc(C3CCCNC3)no2)cc1. The number of piperidine rings is 1. The van der Waals surface area contributed by atoms with Gasteiger partial charge in [-0.1, -0.05) is 35.5 Å². The third-order valence-electron chi connectivity index (χ3n) is 3.48. The Bertz CT molecular complexity index is 527. The summed E-state index contributed by atoms with van der Waals surface area (Å²) in [6, 6.07) is 10.1. The molecule has 114 valence electrons. The Hall–Kier alpha value is -1.43. The molecule has 5 nitrogen and oxygen atoms in total. The lowest BCUT2D eigenvalue weighted by molar-refractivity contribution is 0.0850. The van der Waals surface area contributed by atoms with Crippen molar-refractivity contribution in [3.63, 3.8) is 0 Å². The van der Waals surface area contributed by atoms with E-state index in [0.717, 1.165) is 30.9 Å². The van der Waals surface area contributed by atoms with Crippen molar-refractivity contribution >= 4 is 12.4 Å². The predicted molar refractivity (Wildman–Crippen MR) is 81.3 cm³/mol. The number of aromatic nitrogens is 2. The van der Waals surface area contributed by atoms with Crippen molar-refractivity contribution in [1.82, 2.24) is 15.5 Å². The third kappa shape index (κ3) is 4.52. The second kappa shape index (κ2) is 8.12. The summed E-state index contributed by atoms with van der Waals surface area (Å²) in [7, 11) is 0. The Morgan fingerprint density at radius 2 is 2.10 bits per heavy atom. The molecule has 1 saturated heterocycles. The molecule has 0 spiro atoms. The van der Waals surface area contributed by atoms with Crippen LogP contribution in [0, 0.1) is 0 Å². The molecular weight excluding hydrogens is 290 g/mol. The van der Waals surface area contributed by atoms with Crippen molar-refractivity contribution in [3.8, 4) is 0 Å². The zero-order valence-electron chi connectivity index (χ0n) is 11.8. The summed E-state index contributed by atoms with van der Waals surface area (Å²) >= 11 is 0. The maximum Gasteiger partial charge on any atom is 0.252 e. The molecule has 0 radical (unpaired) electrons. The molecule has 1 atom stereocenters. The normalized spacial score (nSPS) is 18.2. The van der Waals surface area contributed by atoms with Gasteiger partial charge >= 0.3 is 0 Å². The fraction of sp³-hybridized carbons (Fsp3) is 0.467. The first kappa shape index (κ1) is 15.9. The average Bonchev–Trinajstić information content (AvgIpc) is 2.98. The highest BCUT2D eigenvalue weighted by atomic mass is 35.5. The van der Waals surface area contributed by atoms with Gasteiger partial charge in [-0.3, -0.25) is 0 Å². The second-order valence-corrected chi connectivity index (χ2v) is 5.07. The van der Waals surface area contributed by atoms with Gasteiger partial charge in [0.05, 0.1) is 6.61 Å². The van der Waals surface area contributed by atoms with Gasteiger partial charge in [0.25, 0.3) is 5.89 Å². The van der Waals surface area contributed by atoms with Crippen molar-refractivity contribution in [2.75, 3.05) is 13.1 Å². The molecule has 0 amide bonds. The molecule has 2 heterocycles. The minimum Gasteiger partial charge on any atom is -0.367 e. The minimum atomic E-state index is 0. The number of hydrogen-bond donors (Lipinski definition) is 1. The Balaban J connectivity index is 0.00000161. The Kier molecular flexibility index (Phi) is 6.17. The van der Waals surface area contributed by atoms with Crippen LogP contribution in [0.5, 0.6) is 0 Å². The van der Waals surface area contributed by atoms with Crippen molar-refractivity contribution in [3.05, 3.63) is 47.6 Å². The van der Waals surface area contributed by atoms with E-state index in [9.17, 15) is 0 Å². The lowest BCUT2D eigenvalue weighted by Crippen LogP contribution is -2.28. The van der Waals surface area contributed by atoms with E-state index in [4.69, 9.17) is 9.26 Å². The van der Waals surface area contributed by atoms with Crippen LogP contribution in [0.4, 0.5) is 0 Å². The monoisotopic (exact) mass is 309 g/mol. The lowest BCUT2D eigenvalue weighted by atomic mass is 9.99. The number of nitrogens with one attached hydrogen (secondary N) is 1. The fourth-order valence-electron chi connectivity index (χ4n) is 2.40. The van der Waals surface area contributed by atoms with E-state index in [1.807, 2.05) is 30.3 Å². The summed E-state index contributed by atoms with van der Waals surface area (Å²) in [5, 5.41) is 7.41. The first-order valence-corrected chi connectivity index (χ1v) is 7.06. The van der Waals surface area contributed by atoms with E-state index in [1.54, 1.807) is 0 Å². The molecule has 1 N–H and O–H groups in total. The number of hydrogen-bond acceptors (Lipinski definition) is 5. The molecule has 1 aliphatic rings. The van der Waals surface area contributed by atoms with Gasteiger partial charge < -0.3 is 14.6 Å². The van der Waals surface area contributed by atoms with Crippen molar-refractivity contribution in [2.24, 2.45) is 0 Å². The molecule has 21 heavy (non-hydrogen) atoms.